The number of carbonyl (C=O) groups is 1. The normalized spacial score (nSPS) is 40.9. The fourth-order valence-electron chi connectivity index (χ4n) is 2.78. The molecule has 2 aliphatic carbocycles. The maximum absolute atomic E-state index is 13.3. The van der Waals surface area contributed by atoms with E-state index in [0.717, 1.165) is 12.8 Å². The van der Waals surface area contributed by atoms with E-state index in [9.17, 15) is 13.6 Å². The average molecular weight is 190 g/mol. The van der Waals surface area contributed by atoms with Crippen LogP contribution in [0.3, 0.4) is 0 Å². The van der Waals surface area contributed by atoms with E-state index in [1.807, 2.05) is 0 Å². The van der Waals surface area contributed by atoms with Gasteiger partial charge in [-0.25, -0.2) is 8.78 Å². The summed E-state index contributed by atoms with van der Waals surface area (Å²) >= 11 is 0. The van der Waals surface area contributed by atoms with Crippen molar-refractivity contribution >= 4 is 5.97 Å². The Morgan fingerprint density at radius 2 is 2.15 bits per heavy atom. The molecule has 2 atom stereocenters. The van der Waals surface area contributed by atoms with E-state index in [2.05, 4.69) is 0 Å². The number of carboxylic acids is 1. The Labute approximate surface area is 74.9 Å². The van der Waals surface area contributed by atoms with Crippen molar-refractivity contribution in [3.63, 3.8) is 0 Å². The van der Waals surface area contributed by atoms with Gasteiger partial charge in [0.25, 0.3) is 5.92 Å². The SMILES string of the molecule is O=C(O)C[C@@]12CCCC[C@@H]1C2(F)F. The Bertz CT molecular complexity index is 252. The first-order valence-corrected chi connectivity index (χ1v) is 4.60. The summed E-state index contributed by atoms with van der Waals surface area (Å²) in [7, 11) is 0. The Kier molecular flexibility index (Phi) is 1.66. The molecule has 1 N–H and O–H groups in total. The van der Waals surface area contributed by atoms with Crippen LogP contribution in [0.15, 0.2) is 0 Å². The molecule has 0 aliphatic heterocycles. The van der Waals surface area contributed by atoms with Crippen molar-refractivity contribution < 1.29 is 18.7 Å². The third kappa shape index (κ3) is 1.00. The highest BCUT2D eigenvalue weighted by Crippen LogP contribution is 2.73. The van der Waals surface area contributed by atoms with E-state index in [4.69, 9.17) is 5.11 Å². The zero-order chi connectivity index (χ0) is 9.69. The minimum atomic E-state index is -2.71. The van der Waals surface area contributed by atoms with Crippen LogP contribution in [0.1, 0.15) is 32.1 Å². The van der Waals surface area contributed by atoms with Crippen LogP contribution in [0.4, 0.5) is 8.78 Å². The van der Waals surface area contributed by atoms with Crippen LogP contribution in [0.25, 0.3) is 0 Å². The predicted molar refractivity (Wildman–Crippen MR) is 41.6 cm³/mol. The van der Waals surface area contributed by atoms with Gasteiger partial charge < -0.3 is 5.11 Å². The molecule has 0 radical (unpaired) electrons. The lowest BCUT2D eigenvalue weighted by Crippen LogP contribution is -2.17. The van der Waals surface area contributed by atoms with Crippen LogP contribution in [0.5, 0.6) is 0 Å². The second-order valence-electron chi connectivity index (χ2n) is 4.15. The monoisotopic (exact) mass is 190 g/mol. The molecule has 2 nitrogen and oxygen atoms in total. The zero-order valence-corrected chi connectivity index (χ0v) is 7.22. The second kappa shape index (κ2) is 2.42. The van der Waals surface area contributed by atoms with Crippen LogP contribution in [0, 0.1) is 11.3 Å². The summed E-state index contributed by atoms with van der Waals surface area (Å²) in [6, 6.07) is 0. The molecular formula is C9H12F2O2. The van der Waals surface area contributed by atoms with Crippen molar-refractivity contribution in [1.29, 1.82) is 0 Å². The topological polar surface area (TPSA) is 37.3 Å². The predicted octanol–water partition coefficient (Wildman–Crippen LogP) is 2.29. The third-order valence-electron chi connectivity index (χ3n) is 3.52. The maximum Gasteiger partial charge on any atom is 0.304 e. The van der Waals surface area contributed by atoms with Crippen molar-refractivity contribution in [3.8, 4) is 0 Å². The fraction of sp³-hybridized carbons (Fsp3) is 0.889. The first-order valence-electron chi connectivity index (χ1n) is 4.60. The second-order valence-corrected chi connectivity index (χ2v) is 4.15. The van der Waals surface area contributed by atoms with Gasteiger partial charge in [-0.15, -0.1) is 0 Å². The minimum Gasteiger partial charge on any atom is -0.481 e. The molecule has 0 aromatic heterocycles. The highest BCUT2D eigenvalue weighted by Gasteiger charge is 2.80. The van der Waals surface area contributed by atoms with Gasteiger partial charge in [0.1, 0.15) is 0 Å². The van der Waals surface area contributed by atoms with Gasteiger partial charge in [0.05, 0.1) is 11.8 Å². The van der Waals surface area contributed by atoms with Gasteiger partial charge in [-0.05, 0) is 12.8 Å². The van der Waals surface area contributed by atoms with Gasteiger partial charge >= 0.3 is 5.97 Å². The summed E-state index contributed by atoms with van der Waals surface area (Å²) < 4.78 is 26.5. The van der Waals surface area contributed by atoms with Crippen LogP contribution in [-0.4, -0.2) is 17.0 Å². The van der Waals surface area contributed by atoms with Gasteiger partial charge in [-0.2, -0.15) is 0 Å². The Hall–Kier alpha value is -0.670. The molecule has 0 heterocycles. The van der Waals surface area contributed by atoms with Gasteiger partial charge in [-0.1, -0.05) is 12.8 Å². The molecule has 0 amide bonds. The molecule has 13 heavy (non-hydrogen) atoms. The first-order chi connectivity index (χ1) is 6.01. The standard InChI is InChI=1S/C9H12F2O2/c10-9(11)6-3-1-2-4-8(6,9)5-7(12)13/h6H,1-5H2,(H,12,13)/t6-,8-/m0/s1. The number of alkyl halides is 2. The molecule has 0 aromatic rings. The average Bonchev–Trinajstić information content (AvgIpc) is 2.48. The molecule has 2 aliphatic rings. The number of fused-ring (bicyclic) bond motifs is 1. The summed E-state index contributed by atoms with van der Waals surface area (Å²) in [6.45, 7) is 0. The maximum atomic E-state index is 13.3. The van der Waals surface area contributed by atoms with Gasteiger partial charge in [0, 0.05) is 5.92 Å². The summed E-state index contributed by atoms with van der Waals surface area (Å²) in [5, 5.41) is 8.56. The molecule has 74 valence electrons. The van der Waals surface area contributed by atoms with E-state index in [-0.39, 0.29) is 6.42 Å². The number of hydrogen-bond acceptors (Lipinski definition) is 1. The molecule has 0 aromatic carbocycles. The molecule has 0 saturated heterocycles. The van der Waals surface area contributed by atoms with Crippen LogP contribution in [0.2, 0.25) is 0 Å². The van der Waals surface area contributed by atoms with Gasteiger partial charge in [0.2, 0.25) is 0 Å². The molecule has 0 spiro atoms. The molecule has 2 rings (SSSR count). The Morgan fingerprint density at radius 1 is 1.46 bits per heavy atom. The Balaban J connectivity index is 2.16. The number of rotatable bonds is 2. The quantitative estimate of drug-likeness (QED) is 0.725. The van der Waals surface area contributed by atoms with Gasteiger partial charge in [0.15, 0.2) is 0 Å². The summed E-state index contributed by atoms with van der Waals surface area (Å²) in [4.78, 5) is 10.5. The van der Waals surface area contributed by atoms with Gasteiger partial charge in [-0.3, -0.25) is 4.79 Å². The van der Waals surface area contributed by atoms with E-state index in [0.29, 0.717) is 12.8 Å². The lowest BCUT2D eigenvalue weighted by Gasteiger charge is -2.17. The van der Waals surface area contributed by atoms with Crippen molar-refractivity contribution in [2.24, 2.45) is 11.3 Å². The highest BCUT2D eigenvalue weighted by atomic mass is 19.3. The fourth-order valence-corrected chi connectivity index (χ4v) is 2.78. The number of aliphatic carboxylic acids is 1. The number of halogens is 2. The van der Waals surface area contributed by atoms with Crippen molar-refractivity contribution in [3.05, 3.63) is 0 Å². The largest absolute Gasteiger partial charge is 0.481 e. The summed E-state index contributed by atoms with van der Waals surface area (Å²) in [6.07, 6.45) is 2.10. The minimum absolute atomic E-state index is 0.356. The van der Waals surface area contributed by atoms with Crippen LogP contribution in [-0.2, 0) is 4.79 Å². The molecule has 4 heteroatoms. The summed E-state index contributed by atoms with van der Waals surface area (Å²) in [5.41, 5.74) is -1.17. The zero-order valence-electron chi connectivity index (χ0n) is 7.22. The van der Waals surface area contributed by atoms with E-state index in [1.165, 1.54) is 0 Å². The molecule has 2 fully saturated rings. The van der Waals surface area contributed by atoms with Crippen molar-refractivity contribution in [2.45, 2.75) is 38.0 Å². The highest BCUT2D eigenvalue weighted by molar-refractivity contribution is 5.69. The molecule has 0 bridgehead atoms. The number of hydrogen-bond donors (Lipinski definition) is 1. The van der Waals surface area contributed by atoms with E-state index in [1.54, 1.807) is 0 Å². The first kappa shape index (κ1) is 8.91. The lowest BCUT2D eigenvalue weighted by molar-refractivity contribution is -0.139. The van der Waals surface area contributed by atoms with Crippen molar-refractivity contribution in [1.82, 2.24) is 0 Å². The number of carboxylic acid groups (broad SMARTS) is 1. The van der Waals surface area contributed by atoms with Crippen LogP contribution >= 0.6 is 0 Å². The van der Waals surface area contributed by atoms with E-state index < -0.39 is 23.2 Å². The third-order valence-corrected chi connectivity index (χ3v) is 3.52. The Morgan fingerprint density at radius 3 is 2.69 bits per heavy atom. The molecular weight excluding hydrogens is 178 g/mol. The van der Waals surface area contributed by atoms with E-state index >= 15 is 0 Å². The smallest absolute Gasteiger partial charge is 0.304 e. The molecule has 2 saturated carbocycles. The van der Waals surface area contributed by atoms with Crippen LogP contribution < -0.4 is 0 Å². The lowest BCUT2D eigenvalue weighted by atomic mass is 9.86. The van der Waals surface area contributed by atoms with Crippen molar-refractivity contribution in [2.75, 3.05) is 0 Å². The summed E-state index contributed by atoms with van der Waals surface area (Å²) in [5.74, 6) is -4.45. The molecule has 0 unspecified atom stereocenters.